The number of carbonyl (C=O) groups is 1. The molecule has 0 heterocycles. The van der Waals surface area contributed by atoms with E-state index in [9.17, 15) is 4.79 Å². The van der Waals surface area contributed by atoms with E-state index in [1.807, 2.05) is 32.0 Å². The van der Waals surface area contributed by atoms with Crippen molar-refractivity contribution in [3.8, 4) is 5.75 Å². The van der Waals surface area contributed by atoms with Crippen molar-refractivity contribution in [2.45, 2.75) is 32.7 Å². The highest BCUT2D eigenvalue weighted by Crippen LogP contribution is 2.22. The van der Waals surface area contributed by atoms with Gasteiger partial charge in [-0.05, 0) is 31.9 Å². The summed E-state index contributed by atoms with van der Waals surface area (Å²) in [5.74, 6) is 0.536. The molecular formula is C15H23NO4. The van der Waals surface area contributed by atoms with Gasteiger partial charge in [-0.3, -0.25) is 4.79 Å². The van der Waals surface area contributed by atoms with Crippen LogP contribution in [0.4, 0.5) is 0 Å². The minimum absolute atomic E-state index is 0.170. The highest BCUT2D eigenvalue weighted by Gasteiger charge is 2.24. The number of hydrogen-bond donors (Lipinski definition) is 3. The molecule has 0 aliphatic rings. The van der Waals surface area contributed by atoms with Gasteiger partial charge < -0.3 is 20.3 Å². The van der Waals surface area contributed by atoms with Gasteiger partial charge in [0.05, 0.1) is 31.8 Å². The highest BCUT2D eigenvalue weighted by atomic mass is 16.5. The van der Waals surface area contributed by atoms with Crippen molar-refractivity contribution in [3.63, 3.8) is 0 Å². The number of aliphatic hydroxyl groups excluding tert-OH is 2. The first-order chi connectivity index (χ1) is 9.41. The Labute approximate surface area is 119 Å². The molecule has 0 unspecified atom stereocenters. The standard InChI is InChI=1S/C15H23NO4/c1-11-5-4-6-12(2)14(11)20-8-7-13(19)16-15(3,9-17)10-18/h4-6,17-18H,7-10H2,1-3H3,(H,16,19). The third-order valence-corrected chi connectivity index (χ3v) is 3.12. The molecule has 112 valence electrons. The lowest BCUT2D eigenvalue weighted by molar-refractivity contribution is -0.124. The monoisotopic (exact) mass is 281 g/mol. The third kappa shape index (κ3) is 4.51. The molecule has 1 aromatic rings. The molecular weight excluding hydrogens is 258 g/mol. The number of para-hydroxylation sites is 1. The summed E-state index contributed by atoms with van der Waals surface area (Å²) in [6.45, 7) is 5.12. The molecule has 0 fully saturated rings. The van der Waals surface area contributed by atoms with Crippen LogP contribution in [0.5, 0.6) is 5.75 Å². The number of hydrogen-bond acceptors (Lipinski definition) is 4. The summed E-state index contributed by atoms with van der Waals surface area (Å²) in [5, 5.41) is 20.8. The van der Waals surface area contributed by atoms with E-state index in [1.54, 1.807) is 6.92 Å². The Morgan fingerprint density at radius 1 is 1.25 bits per heavy atom. The molecule has 5 nitrogen and oxygen atoms in total. The molecule has 3 N–H and O–H groups in total. The quantitative estimate of drug-likeness (QED) is 0.695. The van der Waals surface area contributed by atoms with E-state index in [2.05, 4.69) is 5.32 Å². The van der Waals surface area contributed by atoms with Gasteiger partial charge in [0, 0.05) is 0 Å². The summed E-state index contributed by atoms with van der Waals surface area (Å²) in [7, 11) is 0. The number of rotatable bonds is 7. The Balaban J connectivity index is 2.47. The van der Waals surface area contributed by atoms with E-state index in [0.717, 1.165) is 16.9 Å². The SMILES string of the molecule is Cc1cccc(C)c1OCCC(=O)NC(C)(CO)CO. The molecule has 0 bridgehead atoms. The van der Waals surface area contributed by atoms with Crippen molar-refractivity contribution in [1.82, 2.24) is 5.32 Å². The molecule has 0 aliphatic carbocycles. The van der Waals surface area contributed by atoms with Gasteiger partial charge in [-0.25, -0.2) is 0 Å². The summed E-state index contributed by atoms with van der Waals surface area (Å²) in [4.78, 5) is 11.7. The zero-order valence-electron chi connectivity index (χ0n) is 12.3. The first kappa shape index (κ1) is 16.5. The molecule has 0 atom stereocenters. The van der Waals surface area contributed by atoms with E-state index in [0.29, 0.717) is 0 Å². The molecule has 1 aromatic carbocycles. The fraction of sp³-hybridized carbons (Fsp3) is 0.533. The van der Waals surface area contributed by atoms with Gasteiger partial charge in [0.15, 0.2) is 0 Å². The van der Waals surface area contributed by atoms with Crippen LogP contribution in [0.2, 0.25) is 0 Å². The zero-order chi connectivity index (χ0) is 15.2. The van der Waals surface area contributed by atoms with Gasteiger partial charge in [-0.1, -0.05) is 18.2 Å². The first-order valence-corrected chi connectivity index (χ1v) is 6.63. The summed E-state index contributed by atoms with van der Waals surface area (Å²) >= 11 is 0. The summed E-state index contributed by atoms with van der Waals surface area (Å²) in [6.07, 6.45) is 0.170. The molecule has 0 saturated heterocycles. The van der Waals surface area contributed by atoms with Crippen LogP contribution in [-0.2, 0) is 4.79 Å². The van der Waals surface area contributed by atoms with Crippen LogP contribution < -0.4 is 10.1 Å². The fourth-order valence-corrected chi connectivity index (χ4v) is 1.80. The van der Waals surface area contributed by atoms with Gasteiger partial charge in [0.1, 0.15) is 5.75 Å². The topological polar surface area (TPSA) is 78.8 Å². The predicted octanol–water partition coefficient (Wildman–Crippen LogP) is 0.932. The van der Waals surface area contributed by atoms with Crippen molar-refractivity contribution in [2.24, 2.45) is 0 Å². The average molecular weight is 281 g/mol. The Morgan fingerprint density at radius 3 is 2.30 bits per heavy atom. The Hall–Kier alpha value is -1.59. The number of benzene rings is 1. The lowest BCUT2D eigenvalue weighted by atomic mass is 10.1. The molecule has 1 rings (SSSR count). The van der Waals surface area contributed by atoms with Crippen LogP contribution in [-0.4, -0.2) is 41.5 Å². The van der Waals surface area contributed by atoms with Crippen LogP contribution >= 0.6 is 0 Å². The zero-order valence-corrected chi connectivity index (χ0v) is 12.3. The first-order valence-electron chi connectivity index (χ1n) is 6.63. The van der Waals surface area contributed by atoms with Crippen molar-refractivity contribution in [1.29, 1.82) is 0 Å². The van der Waals surface area contributed by atoms with Crippen LogP contribution in [0.1, 0.15) is 24.5 Å². The summed E-state index contributed by atoms with van der Waals surface area (Å²) in [6, 6.07) is 5.87. The van der Waals surface area contributed by atoms with Gasteiger partial charge in [-0.2, -0.15) is 0 Å². The molecule has 20 heavy (non-hydrogen) atoms. The molecule has 5 heteroatoms. The number of nitrogens with one attached hydrogen (secondary N) is 1. The fourth-order valence-electron chi connectivity index (χ4n) is 1.80. The minimum atomic E-state index is -0.990. The van der Waals surface area contributed by atoms with Crippen LogP contribution in [0.25, 0.3) is 0 Å². The normalized spacial score (nSPS) is 11.2. The highest BCUT2D eigenvalue weighted by molar-refractivity contribution is 5.76. The van der Waals surface area contributed by atoms with Crippen LogP contribution in [0.15, 0.2) is 18.2 Å². The second-order valence-electron chi connectivity index (χ2n) is 5.24. The third-order valence-electron chi connectivity index (χ3n) is 3.12. The van der Waals surface area contributed by atoms with Crippen molar-refractivity contribution in [2.75, 3.05) is 19.8 Å². The van der Waals surface area contributed by atoms with Crippen molar-refractivity contribution >= 4 is 5.91 Å². The molecule has 1 amide bonds. The second-order valence-corrected chi connectivity index (χ2v) is 5.24. The number of aliphatic hydroxyl groups is 2. The summed E-state index contributed by atoms with van der Waals surface area (Å²) in [5.41, 5.74) is 1.07. The minimum Gasteiger partial charge on any atom is -0.493 e. The Kier molecular flexibility index (Phi) is 5.98. The number of ether oxygens (including phenoxy) is 1. The lowest BCUT2D eigenvalue weighted by Crippen LogP contribution is -2.52. The van der Waals surface area contributed by atoms with E-state index >= 15 is 0 Å². The Bertz CT molecular complexity index is 435. The van der Waals surface area contributed by atoms with Gasteiger partial charge in [0.25, 0.3) is 0 Å². The Morgan fingerprint density at radius 2 is 1.80 bits per heavy atom. The van der Waals surface area contributed by atoms with E-state index < -0.39 is 5.54 Å². The van der Waals surface area contributed by atoms with E-state index in [-0.39, 0.29) is 32.1 Å². The molecule has 0 radical (unpaired) electrons. The molecule has 0 aromatic heterocycles. The van der Waals surface area contributed by atoms with Crippen molar-refractivity contribution in [3.05, 3.63) is 29.3 Å². The number of carbonyl (C=O) groups excluding carboxylic acids is 1. The van der Waals surface area contributed by atoms with Gasteiger partial charge in [0.2, 0.25) is 5.91 Å². The second kappa shape index (κ2) is 7.26. The predicted molar refractivity (Wildman–Crippen MR) is 76.7 cm³/mol. The van der Waals surface area contributed by atoms with Crippen LogP contribution in [0, 0.1) is 13.8 Å². The average Bonchev–Trinajstić information content (AvgIpc) is 2.42. The van der Waals surface area contributed by atoms with Gasteiger partial charge >= 0.3 is 0 Å². The maximum Gasteiger partial charge on any atom is 0.224 e. The molecule has 0 spiro atoms. The van der Waals surface area contributed by atoms with Gasteiger partial charge in [-0.15, -0.1) is 0 Å². The smallest absolute Gasteiger partial charge is 0.224 e. The maximum absolute atomic E-state index is 11.7. The number of aryl methyl sites for hydroxylation is 2. The largest absolute Gasteiger partial charge is 0.493 e. The molecule has 0 saturated carbocycles. The van der Waals surface area contributed by atoms with Crippen molar-refractivity contribution < 1.29 is 19.7 Å². The number of amides is 1. The van der Waals surface area contributed by atoms with Crippen LogP contribution in [0.3, 0.4) is 0 Å². The van der Waals surface area contributed by atoms with E-state index in [4.69, 9.17) is 14.9 Å². The van der Waals surface area contributed by atoms with E-state index in [1.165, 1.54) is 0 Å². The lowest BCUT2D eigenvalue weighted by Gasteiger charge is -2.26. The molecule has 0 aliphatic heterocycles. The maximum atomic E-state index is 11.7. The summed E-state index contributed by atoms with van der Waals surface area (Å²) < 4.78 is 5.63.